The van der Waals surface area contributed by atoms with Gasteiger partial charge in [0.05, 0.1) is 29.3 Å². The van der Waals surface area contributed by atoms with E-state index in [9.17, 15) is 14.4 Å². The molecule has 1 aliphatic heterocycles. The number of ether oxygens (including phenoxy) is 3. The second kappa shape index (κ2) is 8.56. The molecule has 0 aliphatic carbocycles. The lowest BCUT2D eigenvalue weighted by molar-refractivity contribution is -0.143. The minimum Gasteiger partial charge on any atom is -0.493 e. The molecule has 9 heteroatoms. The van der Waals surface area contributed by atoms with Gasteiger partial charge in [0.1, 0.15) is 6.54 Å². The summed E-state index contributed by atoms with van der Waals surface area (Å²) >= 11 is 2.89. The van der Waals surface area contributed by atoms with Crippen LogP contribution in [0.1, 0.15) is 12.5 Å². The molecule has 1 fully saturated rings. The Bertz CT molecular complexity index is 748. The highest BCUT2D eigenvalue weighted by molar-refractivity contribution is 14.1. The number of rotatable bonds is 6. The van der Waals surface area contributed by atoms with Crippen molar-refractivity contribution in [1.29, 1.82) is 0 Å². The van der Waals surface area contributed by atoms with Gasteiger partial charge >= 0.3 is 5.97 Å². The maximum absolute atomic E-state index is 12.3. The van der Waals surface area contributed by atoms with Crippen LogP contribution in [0.5, 0.6) is 11.5 Å². The zero-order valence-electron chi connectivity index (χ0n) is 13.8. The molecule has 1 aromatic rings. The first kappa shape index (κ1) is 19.6. The minimum absolute atomic E-state index is 0.232. The van der Waals surface area contributed by atoms with E-state index >= 15 is 0 Å². The molecular formula is C16H16INO6S. The van der Waals surface area contributed by atoms with Gasteiger partial charge in [0, 0.05) is 0 Å². The monoisotopic (exact) mass is 477 g/mol. The first-order valence-electron chi connectivity index (χ1n) is 7.23. The number of nitrogens with zero attached hydrogens (tertiary/aromatic N) is 1. The van der Waals surface area contributed by atoms with Crippen LogP contribution in [0.2, 0.25) is 0 Å². The summed E-state index contributed by atoms with van der Waals surface area (Å²) in [5, 5.41) is -0.505. The smallest absolute Gasteiger partial charge is 0.325 e. The van der Waals surface area contributed by atoms with Gasteiger partial charge in [-0.15, -0.1) is 0 Å². The van der Waals surface area contributed by atoms with Gasteiger partial charge in [-0.3, -0.25) is 19.3 Å². The van der Waals surface area contributed by atoms with Crippen LogP contribution in [0.4, 0.5) is 4.79 Å². The fraction of sp³-hybridized carbons (Fsp3) is 0.312. The summed E-state index contributed by atoms with van der Waals surface area (Å²) in [4.78, 5) is 36.7. The van der Waals surface area contributed by atoms with Crippen LogP contribution in [0, 0.1) is 3.57 Å². The molecular weight excluding hydrogens is 461 g/mol. The fourth-order valence-electron chi connectivity index (χ4n) is 2.09. The summed E-state index contributed by atoms with van der Waals surface area (Å²) in [5.41, 5.74) is 0.688. The van der Waals surface area contributed by atoms with Crippen LogP contribution in [0.25, 0.3) is 6.08 Å². The van der Waals surface area contributed by atoms with Gasteiger partial charge in [-0.25, -0.2) is 0 Å². The maximum Gasteiger partial charge on any atom is 0.325 e. The van der Waals surface area contributed by atoms with Gasteiger partial charge in [0.2, 0.25) is 0 Å². The number of thioether (sulfide) groups is 1. The van der Waals surface area contributed by atoms with E-state index < -0.39 is 23.7 Å². The topological polar surface area (TPSA) is 82.1 Å². The normalized spacial score (nSPS) is 15.7. The highest BCUT2D eigenvalue weighted by Crippen LogP contribution is 2.37. The van der Waals surface area contributed by atoms with Crippen molar-refractivity contribution in [3.63, 3.8) is 0 Å². The molecule has 0 atom stereocenters. The lowest BCUT2D eigenvalue weighted by Crippen LogP contribution is -2.34. The van der Waals surface area contributed by atoms with Crippen LogP contribution >= 0.6 is 34.4 Å². The Morgan fingerprint density at radius 2 is 2.04 bits per heavy atom. The Balaban J connectivity index is 2.31. The molecule has 1 heterocycles. The molecule has 0 aromatic heterocycles. The molecule has 134 valence electrons. The van der Waals surface area contributed by atoms with E-state index in [0.29, 0.717) is 23.7 Å². The summed E-state index contributed by atoms with van der Waals surface area (Å²) in [6.45, 7) is 1.97. The van der Waals surface area contributed by atoms with E-state index in [4.69, 9.17) is 9.47 Å². The Morgan fingerprint density at radius 1 is 1.32 bits per heavy atom. The van der Waals surface area contributed by atoms with E-state index in [2.05, 4.69) is 27.3 Å². The minimum atomic E-state index is -0.652. The standard InChI is InChI=1S/C16H16INO6S/c1-4-24-14-10(17)5-9(6-11(14)22-2)7-12-15(20)18(16(21)25-12)8-13(19)23-3/h5-7H,4,8H2,1-3H3/b12-7-. The molecule has 25 heavy (non-hydrogen) atoms. The van der Waals surface area contributed by atoms with Crippen LogP contribution in [-0.2, 0) is 14.3 Å². The largest absolute Gasteiger partial charge is 0.493 e. The highest BCUT2D eigenvalue weighted by atomic mass is 127. The SMILES string of the molecule is CCOc1c(I)cc(/C=C2\SC(=O)N(CC(=O)OC)C2=O)cc1OC. The molecule has 0 radical (unpaired) electrons. The lowest BCUT2D eigenvalue weighted by atomic mass is 10.2. The Morgan fingerprint density at radius 3 is 2.64 bits per heavy atom. The molecule has 1 aliphatic rings. The van der Waals surface area contributed by atoms with Gasteiger partial charge in [0.15, 0.2) is 11.5 Å². The van der Waals surface area contributed by atoms with Crippen molar-refractivity contribution >= 4 is 57.5 Å². The van der Waals surface area contributed by atoms with Crippen LogP contribution in [0.3, 0.4) is 0 Å². The Kier molecular flexibility index (Phi) is 6.71. The number of amides is 2. The highest BCUT2D eigenvalue weighted by Gasteiger charge is 2.36. The predicted octanol–water partition coefficient (Wildman–Crippen LogP) is 2.91. The first-order valence-corrected chi connectivity index (χ1v) is 9.13. The zero-order valence-corrected chi connectivity index (χ0v) is 16.8. The number of carbonyl (C=O) groups excluding carboxylic acids is 3. The molecule has 1 aromatic carbocycles. The Labute approximate surface area is 162 Å². The van der Waals surface area contributed by atoms with Crippen molar-refractivity contribution < 1.29 is 28.6 Å². The fourth-order valence-corrected chi connectivity index (χ4v) is 3.71. The average molecular weight is 477 g/mol. The molecule has 0 N–H and O–H groups in total. The van der Waals surface area contributed by atoms with Gasteiger partial charge in [-0.1, -0.05) is 0 Å². The number of methoxy groups -OCH3 is 2. The van der Waals surface area contributed by atoms with E-state index in [0.717, 1.165) is 20.2 Å². The average Bonchev–Trinajstić information content (AvgIpc) is 2.84. The van der Waals surface area contributed by atoms with Crippen LogP contribution in [-0.4, -0.2) is 49.4 Å². The summed E-state index contributed by atoms with van der Waals surface area (Å²) in [7, 11) is 2.73. The lowest BCUT2D eigenvalue weighted by Gasteiger charge is -2.12. The van der Waals surface area contributed by atoms with Crippen molar-refractivity contribution in [3.05, 3.63) is 26.2 Å². The number of hydrogen-bond donors (Lipinski definition) is 0. The number of hydrogen-bond acceptors (Lipinski definition) is 7. The summed E-state index contributed by atoms with van der Waals surface area (Å²) in [6.07, 6.45) is 1.59. The third kappa shape index (κ3) is 4.46. The van der Waals surface area contributed by atoms with Crippen LogP contribution in [0.15, 0.2) is 17.0 Å². The quantitative estimate of drug-likeness (QED) is 0.354. The summed E-state index contributed by atoms with van der Waals surface area (Å²) in [6, 6.07) is 3.55. The molecule has 0 spiro atoms. The third-order valence-electron chi connectivity index (χ3n) is 3.23. The number of halogens is 1. The van der Waals surface area contributed by atoms with Crippen molar-refractivity contribution in [2.75, 3.05) is 27.4 Å². The Hall–Kier alpha value is -1.75. The van der Waals surface area contributed by atoms with Crippen LogP contribution < -0.4 is 9.47 Å². The molecule has 2 rings (SSSR count). The maximum atomic E-state index is 12.3. The van der Waals surface area contributed by atoms with E-state index in [-0.39, 0.29) is 4.91 Å². The number of carbonyl (C=O) groups is 3. The molecule has 0 unspecified atom stereocenters. The van der Waals surface area contributed by atoms with Gasteiger partial charge in [0.25, 0.3) is 11.1 Å². The number of esters is 1. The first-order chi connectivity index (χ1) is 11.9. The van der Waals surface area contributed by atoms with Crippen molar-refractivity contribution in [2.24, 2.45) is 0 Å². The van der Waals surface area contributed by atoms with E-state index in [1.165, 1.54) is 14.2 Å². The summed E-state index contributed by atoms with van der Waals surface area (Å²) in [5.74, 6) is -0.0144. The second-order valence-corrected chi connectivity index (χ2v) is 6.97. The van der Waals surface area contributed by atoms with Gasteiger partial charge in [-0.05, 0) is 65.0 Å². The second-order valence-electron chi connectivity index (χ2n) is 4.81. The van der Waals surface area contributed by atoms with Crippen molar-refractivity contribution in [3.8, 4) is 11.5 Å². The number of imide groups is 1. The molecule has 2 amide bonds. The van der Waals surface area contributed by atoms with Gasteiger partial charge in [-0.2, -0.15) is 0 Å². The summed E-state index contributed by atoms with van der Waals surface area (Å²) < 4.78 is 16.2. The van der Waals surface area contributed by atoms with Crippen molar-refractivity contribution in [2.45, 2.75) is 6.92 Å². The van der Waals surface area contributed by atoms with E-state index in [1.54, 1.807) is 12.1 Å². The predicted molar refractivity (Wildman–Crippen MR) is 102 cm³/mol. The number of benzene rings is 1. The molecule has 7 nitrogen and oxygen atoms in total. The molecule has 0 saturated carbocycles. The zero-order chi connectivity index (χ0) is 18.6. The molecule has 0 bridgehead atoms. The van der Waals surface area contributed by atoms with Gasteiger partial charge < -0.3 is 14.2 Å². The van der Waals surface area contributed by atoms with E-state index in [1.807, 2.05) is 13.0 Å². The third-order valence-corrected chi connectivity index (χ3v) is 4.94. The van der Waals surface area contributed by atoms with Crippen molar-refractivity contribution in [1.82, 2.24) is 4.90 Å². The molecule has 1 saturated heterocycles.